The molecule has 20 heavy (non-hydrogen) atoms. The molecule has 2 N–H and O–H groups in total. The van der Waals surface area contributed by atoms with Crippen molar-refractivity contribution in [2.75, 3.05) is 7.11 Å². The van der Waals surface area contributed by atoms with Crippen LogP contribution in [0.1, 0.15) is 31.0 Å². The molecule has 0 radical (unpaired) electrons. The highest BCUT2D eigenvalue weighted by atomic mass is 16.5. The number of rotatable bonds is 5. The molecule has 5 heteroatoms. The molecule has 0 aliphatic rings. The first-order valence-corrected chi connectivity index (χ1v) is 6.70. The monoisotopic (exact) mass is 275 g/mol. The van der Waals surface area contributed by atoms with Gasteiger partial charge in [0.25, 0.3) is 0 Å². The number of ether oxygens (including phenoxy) is 1. The largest absolute Gasteiger partial charge is 0.496 e. The lowest BCUT2D eigenvalue weighted by atomic mass is 10.1. The quantitative estimate of drug-likeness (QED) is 0.904. The number of methoxy groups -OCH3 is 1. The van der Waals surface area contributed by atoms with Crippen LogP contribution >= 0.6 is 0 Å². The van der Waals surface area contributed by atoms with Gasteiger partial charge in [0, 0.05) is 30.5 Å². The molecule has 108 valence electrons. The van der Waals surface area contributed by atoms with Crippen LogP contribution in [0.2, 0.25) is 0 Å². The van der Waals surface area contributed by atoms with E-state index in [1.54, 1.807) is 16.2 Å². The standard InChI is InChI=1S/C15H21N3O2/c1-11(2)18-7-6-17(15(18)19)10-12-4-5-14(20-3)13(8-12)9-16/h4-8,11H,9-10,16H2,1-3H3. The normalized spacial score (nSPS) is 11.1. The van der Waals surface area contributed by atoms with Gasteiger partial charge in [0.15, 0.2) is 0 Å². The first-order chi connectivity index (χ1) is 9.56. The Labute approximate surface area is 118 Å². The summed E-state index contributed by atoms with van der Waals surface area (Å²) in [5.41, 5.74) is 7.70. The van der Waals surface area contributed by atoms with E-state index < -0.39 is 0 Å². The van der Waals surface area contributed by atoms with Gasteiger partial charge in [-0.15, -0.1) is 0 Å². The number of imidazole rings is 1. The van der Waals surface area contributed by atoms with Gasteiger partial charge in [0.1, 0.15) is 5.75 Å². The fraction of sp³-hybridized carbons (Fsp3) is 0.400. The van der Waals surface area contributed by atoms with Crippen LogP contribution < -0.4 is 16.2 Å². The van der Waals surface area contributed by atoms with Crippen molar-refractivity contribution in [3.8, 4) is 5.75 Å². The van der Waals surface area contributed by atoms with Crippen LogP contribution in [0, 0.1) is 0 Å². The van der Waals surface area contributed by atoms with Gasteiger partial charge in [0.05, 0.1) is 13.7 Å². The van der Waals surface area contributed by atoms with Crippen LogP contribution in [0.15, 0.2) is 35.4 Å². The molecule has 1 aromatic carbocycles. The maximum Gasteiger partial charge on any atom is 0.328 e. The third-order valence-electron chi connectivity index (χ3n) is 3.35. The van der Waals surface area contributed by atoms with Gasteiger partial charge in [-0.25, -0.2) is 4.79 Å². The average Bonchev–Trinajstić information content (AvgIpc) is 2.80. The SMILES string of the molecule is COc1ccc(Cn2ccn(C(C)C)c2=O)cc1CN. The van der Waals surface area contributed by atoms with Crippen molar-refractivity contribution < 1.29 is 4.74 Å². The van der Waals surface area contributed by atoms with Crippen LogP contribution in [0.3, 0.4) is 0 Å². The molecule has 0 saturated heterocycles. The molecule has 0 atom stereocenters. The Morgan fingerprint density at radius 1 is 1.30 bits per heavy atom. The van der Waals surface area contributed by atoms with Gasteiger partial charge in [-0.1, -0.05) is 6.07 Å². The van der Waals surface area contributed by atoms with Crippen LogP contribution in [0.25, 0.3) is 0 Å². The molecule has 1 heterocycles. The fourth-order valence-electron chi connectivity index (χ4n) is 2.23. The summed E-state index contributed by atoms with van der Waals surface area (Å²) in [5, 5.41) is 0. The molecule has 0 aliphatic heterocycles. The molecule has 1 aromatic heterocycles. The molecule has 0 unspecified atom stereocenters. The average molecular weight is 275 g/mol. The Kier molecular flexibility index (Phi) is 4.29. The third-order valence-corrected chi connectivity index (χ3v) is 3.35. The maximum atomic E-state index is 12.2. The van der Waals surface area contributed by atoms with Crippen molar-refractivity contribution in [3.05, 3.63) is 52.2 Å². The topological polar surface area (TPSA) is 62.2 Å². The first kappa shape index (κ1) is 14.4. The van der Waals surface area contributed by atoms with E-state index in [0.717, 1.165) is 16.9 Å². The van der Waals surface area contributed by atoms with E-state index in [-0.39, 0.29) is 11.7 Å². The third kappa shape index (κ3) is 2.77. The molecule has 0 spiro atoms. The fourth-order valence-corrected chi connectivity index (χ4v) is 2.23. The lowest BCUT2D eigenvalue weighted by molar-refractivity contribution is 0.409. The van der Waals surface area contributed by atoms with Crippen LogP contribution in [-0.2, 0) is 13.1 Å². The highest BCUT2D eigenvalue weighted by Crippen LogP contribution is 2.19. The number of nitrogens with two attached hydrogens (primary N) is 1. The highest BCUT2D eigenvalue weighted by molar-refractivity contribution is 5.37. The number of nitrogens with zero attached hydrogens (tertiary/aromatic N) is 2. The smallest absolute Gasteiger partial charge is 0.328 e. The Morgan fingerprint density at radius 3 is 2.60 bits per heavy atom. The molecular formula is C15H21N3O2. The molecule has 0 fully saturated rings. The summed E-state index contributed by atoms with van der Waals surface area (Å²) in [6.45, 7) is 4.94. The minimum atomic E-state index is 0.00474. The highest BCUT2D eigenvalue weighted by Gasteiger charge is 2.08. The Bertz CT molecular complexity index is 641. The van der Waals surface area contributed by atoms with Crippen molar-refractivity contribution in [2.24, 2.45) is 5.73 Å². The van der Waals surface area contributed by atoms with Gasteiger partial charge < -0.3 is 10.5 Å². The van der Waals surface area contributed by atoms with E-state index in [2.05, 4.69) is 0 Å². The van der Waals surface area contributed by atoms with E-state index in [0.29, 0.717) is 13.1 Å². The molecule has 2 aromatic rings. The van der Waals surface area contributed by atoms with E-state index in [4.69, 9.17) is 10.5 Å². The van der Waals surface area contributed by atoms with Crippen LogP contribution in [-0.4, -0.2) is 16.2 Å². The summed E-state index contributed by atoms with van der Waals surface area (Å²) in [7, 11) is 1.63. The lowest BCUT2D eigenvalue weighted by Gasteiger charge is -2.09. The van der Waals surface area contributed by atoms with E-state index >= 15 is 0 Å². The second-order valence-corrected chi connectivity index (χ2v) is 5.06. The lowest BCUT2D eigenvalue weighted by Crippen LogP contribution is -2.25. The summed E-state index contributed by atoms with van der Waals surface area (Å²) in [5.74, 6) is 0.781. The molecule has 0 amide bonds. The zero-order valence-corrected chi connectivity index (χ0v) is 12.2. The molecule has 5 nitrogen and oxygen atoms in total. The summed E-state index contributed by atoms with van der Waals surface area (Å²) in [6, 6.07) is 6.00. The van der Waals surface area contributed by atoms with Crippen molar-refractivity contribution >= 4 is 0 Å². The summed E-state index contributed by atoms with van der Waals surface area (Å²) >= 11 is 0. The van der Waals surface area contributed by atoms with E-state index in [1.807, 2.05) is 44.4 Å². The summed E-state index contributed by atoms with van der Waals surface area (Å²) in [6.07, 6.45) is 3.63. The van der Waals surface area contributed by atoms with Gasteiger partial charge in [-0.2, -0.15) is 0 Å². The van der Waals surface area contributed by atoms with E-state index in [1.165, 1.54) is 0 Å². The molecule has 0 aliphatic carbocycles. The van der Waals surface area contributed by atoms with Crippen molar-refractivity contribution in [2.45, 2.75) is 33.0 Å². The number of aromatic nitrogens is 2. The number of hydrogen-bond acceptors (Lipinski definition) is 3. The Balaban J connectivity index is 2.29. The number of benzene rings is 1. The van der Waals surface area contributed by atoms with Crippen molar-refractivity contribution in [3.63, 3.8) is 0 Å². The second kappa shape index (κ2) is 5.96. The summed E-state index contributed by atoms with van der Waals surface area (Å²) < 4.78 is 8.66. The zero-order chi connectivity index (χ0) is 14.7. The predicted octanol–water partition coefficient (Wildman–Crippen LogP) is 1.75. The second-order valence-electron chi connectivity index (χ2n) is 5.06. The Hall–Kier alpha value is -2.01. The van der Waals surface area contributed by atoms with Gasteiger partial charge in [-0.3, -0.25) is 9.13 Å². The number of hydrogen-bond donors (Lipinski definition) is 1. The molecule has 0 bridgehead atoms. The van der Waals surface area contributed by atoms with Gasteiger partial charge >= 0.3 is 5.69 Å². The van der Waals surface area contributed by atoms with Crippen molar-refractivity contribution in [1.82, 2.24) is 9.13 Å². The first-order valence-electron chi connectivity index (χ1n) is 6.70. The van der Waals surface area contributed by atoms with E-state index in [9.17, 15) is 4.79 Å². The van der Waals surface area contributed by atoms with Gasteiger partial charge in [0.2, 0.25) is 0 Å². The zero-order valence-electron chi connectivity index (χ0n) is 12.2. The minimum absolute atomic E-state index is 0.00474. The Morgan fingerprint density at radius 2 is 2.05 bits per heavy atom. The summed E-state index contributed by atoms with van der Waals surface area (Å²) in [4.78, 5) is 12.2. The minimum Gasteiger partial charge on any atom is -0.496 e. The van der Waals surface area contributed by atoms with Crippen LogP contribution in [0.5, 0.6) is 5.75 Å². The maximum absolute atomic E-state index is 12.2. The molecule has 2 rings (SSSR count). The van der Waals surface area contributed by atoms with Gasteiger partial charge in [-0.05, 0) is 31.5 Å². The predicted molar refractivity (Wildman–Crippen MR) is 79.1 cm³/mol. The van der Waals surface area contributed by atoms with Crippen molar-refractivity contribution in [1.29, 1.82) is 0 Å². The molecule has 0 saturated carbocycles. The molecular weight excluding hydrogens is 254 g/mol. The van der Waals surface area contributed by atoms with Crippen LogP contribution in [0.4, 0.5) is 0 Å².